The largest absolute Gasteiger partial charge is 0.495 e. The van der Waals surface area contributed by atoms with Crippen LogP contribution in [0, 0.1) is 0 Å². The minimum Gasteiger partial charge on any atom is -0.495 e. The van der Waals surface area contributed by atoms with Crippen molar-refractivity contribution in [1.29, 1.82) is 0 Å². The maximum Gasteiger partial charge on any atom is 0.228 e. The molecule has 138 valence electrons. The molecular formula is C20H23ClN2O3. The predicted molar refractivity (Wildman–Crippen MR) is 105 cm³/mol. The second kappa shape index (κ2) is 9.25. The lowest BCUT2D eigenvalue weighted by atomic mass is 10.2. The molecule has 0 aliphatic rings. The van der Waals surface area contributed by atoms with Gasteiger partial charge in [-0.2, -0.15) is 0 Å². The Balaban J connectivity index is 2.12. The molecule has 0 aliphatic carbocycles. The first kappa shape index (κ1) is 19.8. The number of halogens is 1. The van der Waals surface area contributed by atoms with E-state index >= 15 is 0 Å². The molecule has 2 aromatic carbocycles. The van der Waals surface area contributed by atoms with E-state index in [4.69, 9.17) is 16.3 Å². The van der Waals surface area contributed by atoms with Crippen molar-refractivity contribution >= 4 is 34.8 Å². The zero-order valence-corrected chi connectivity index (χ0v) is 16.0. The zero-order chi connectivity index (χ0) is 19.1. The summed E-state index contributed by atoms with van der Waals surface area (Å²) in [5.74, 6) is 0.350. The number of carbonyl (C=O) groups is 2. The number of benzene rings is 2. The first-order chi connectivity index (χ1) is 12.5. The van der Waals surface area contributed by atoms with E-state index in [1.54, 1.807) is 28.0 Å². The van der Waals surface area contributed by atoms with Crippen LogP contribution in [0.25, 0.3) is 0 Å². The summed E-state index contributed by atoms with van der Waals surface area (Å²) < 4.78 is 5.14. The summed E-state index contributed by atoms with van der Waals surface area (Å²) >= 11 is 6.16. The number of carbonyl (C=O) groups excluding carboxylic acids is 2. The van der Waals surface area contributed by atoms with Gasteiger partial charge in [-0.15, -0.1) is 0 Å². The molecule has 0 unspecified atom stereocenters. The van der Waals surface area contributed by atoms with Gasteiger partial charge in [-0.25, -0.2) is 0 Å². The molecule has 26 heavy (non-hydrogen) atoms. The molecule has 0 radical (unpaired) electrons. The standard InChI is InChI=1S/C20H23ClN2O3/c1-4-22(16-8-6-5-7-9-16)20(25)12-13-23(15(2)24)17-10-11-19(26-3)18(21)14-17/h5-11,14H,4,12-13H2,1-3H3. The van der Waals surface area contributed by atoms with Gasteiger partial charge in [-0.05, 0) is 37.3 Å². The van der Waals surface area contributed by atoms with E-state index in [1.165, 1.54) is 14.0 Å². The minimum atomic E-state index is -0.151. The third-order valence-corrected chi connectivity index (χ3v) is 4.36. The van der Waals surface area contributed by atoms with E-state index in [0.717, 1.165) is 5.69 Å². The van der Waals surface area contributed by atoms with Gasteiger partial charge in [0, 0.05) is 37.8 Å². The number of nitrogens with zero attached hydrogens (tertiary/aromatic N) is 2. The monoisotopic (exact) mass is 374 g/mol. The molecule has 0 aromatic heterocycles. The molecule has 0 N–H and O–H groups in total. The van der Waals surface area contributed by atoms with Crippen molar-refractivity contribution in [1.82, 2.24) is 0 Å². The van der Waals surface area contributed by atoms with Crippen LogP contribution in [0.15, 0.2) is 48.5 Å². The first-order valence-corrected chi connectivity index (χ1v) is 8.82. The van der Waals surface area contributed by atoms with Crippen molar-refractivity contribution in [2.45, 2.75) is 20.3 Å². The van der Waals surface area contributed by atoms with E-state index in [1.807, 2.05) is 37.3 Å². The fourth-order valence-electron chi connectivity index (χ4n) is 2.74. The van der Waals surface area contributed by atoms with Crippen LogP contribution in [0.3, 0.4) is 0 Å². The number of amides is 2. The minimum absolute atomic E-state index is 0.0374. The Morgan fingerprint density at radius 2 is 1.73 bits per heavy atom. The van der Waals surface area contributed by atoms with Crippen LogP contribution < -0.4 is 14.5 Å². The Hall–Kier alpha value is -2.53. The molecule has 2 aromatic rings. The number of methoxy groups -OCH3 is 1. The van der Waals surface area contributed by atoms with Crippen molar-refractivity contribution in [3.05, 3.63) is 53.6 Å². The maximum atomic E-state index is 12.6. The van der Waals surface area contributed by atoms with Crippen LogP contribution in [-0.2, 0) is 9.59 Å². The molecule has 0 atom stereocenters. The third-order valence-electron chi connectivity index (χ3n) is 4.06. The van der Waals surface area contributed by atoms with Gasteiger partial charge in [0.15, 0.2) is 0 Å². The summed E-state index contributed by atoms with van der Waals surface area (Å²) in [6, 6.07) is 14.6. The molecule has 0 spiro atoms. The van der Waals surface area contributed by atoms with Gasteiger partial charge in [0.1, 0.15) is 5.75 Å². The molecule has 0 heterocycles. The second-order valence-electron chi connectivity index (χ2n) is 5.71. The van der Waals surface area contributed by atoms with Gasteiger partial charge in [0.05, 0.1) is 12.1 Å². The zero-order valence-electron chi connectivity index (χ0n) is 15.2. The fraction of sp³-hybridized carbons (Fsp3) is 0.300. The van der Waals surface area contributed by atoms with Crippen LogP contribution in [0.2, 0.25) is 5.02 Å². The Morgan fingerprint density at radius 3 is 2.27 bits per heavy atom. The second-order valence-corrected chi connectivity index (χ2v) is 6.12. The lowest BCUT2D eigenvalue weighted by Gasteiger charge is -2.25. The van der Waals surface area contributed by atoms with Crippen molar-refractivity contribution in [3.63, 3.8) is 0 Å². The smallest absolute Gasteiger partial charge is 0.228 e. The van der Waals surface area contributed by atoms with E-state index in [-0.39, 0.29) is 24.8 Å². The number of hydrogen-bond acceptors (Lipinski definition) is 3. The van der Waals surface area contributed by atoms with Crippen LogP contribution >= 0.6 is 11.6 Å². The predicted octanol–water partition coefficient (Wildman–Crippen LogP) is 4.14. The van der Waals surface area contributed by atoms with Gasteiger partial charge in [0.25, 0.3) is 0 Å². The van der Waals surface area contributed by atoms with Crippen LogP contribution in [0.4, 0.5) is 11.4 Å². The number of anilines is 2. The summed E-state index contributed by atoms with van der Waals surface area (Å²) in [5.41, 5.74) is 1.49. The summed E-state index contributed by atoms with van der Waals surface area (Å²) in [6.07, 6.45) is 0.214. The van der Waals surface area contributed by atoms with E-state index < -0.39 is 0 Å². The Bertz CT molecular complexity index is 765. The van der Waals surface area contributed by atoms with Crippen LogP contribution in [0.5, 0.6) is 5.75 Å². The Morgan fingerprint density at radius 1 is 1.04 bits per heavy atom. The average Bonchev–Trinajstić information content (AvgIpc) is 2.63. The molecule has 0 bridgehead atoms. The maximum absolute atomic E-state index is 12.6. The van der Waals surface area contributed by atoms with Gasteiger partial charge < -0.3 is 14.5 Å². The molecule has 0 aliphatic heterocycles. The average molecular weight is 375 g/mol. The van der Waals surface area contributed by atoms with Crippen molar-refractivity contribution in [2.75, 3.05) is 30.0 Å². The van der Waals surface area contributed by atoms with Crippen molar-refractivity contribution in [3.8, 4) is 5.75 Å². The van der Waals surface area contributed by atoms with E-state index in [0.29, 0.717) is 23.0 Å². The van der Waals surface area contributed by atoms with E-state index in [2.05, 4.69) is 0 Å². The topological polar surface area (TPSA) is 49.9 Å². The highest BCUT2D eigenvalue weighted by molar-refractivity contribution is 6.32. The van der Waals surface area contributed by atoms with Crippen LogP contribution in [-0.4, -0.2) is 32.0 Å². The molecule has 0 saturated carbocycles. The van der Waals surface area contributed by atoms with Gasteiger partial charge in [-0.1, -0.05) is 29.8 Å². The quantitative estimate of drug-likeness (QED) is 0.731. The molecule has 2 amide bonds. The van der Waals surface area contributed by atoms with Gasteiger partial charge in [0.2, 0.25) is 11.8 Å². The lowest BCUT2D eigenvalue weighted by Crippen LogP contribution is -2.36. The van der Waals surface area contributed by atoms with Crippen molar-refractivity contribution < 1.29 is 14.3 Å². The molecule has 5 nitrogen and oxygen atoms in total. The van der Waals surface area contributed by atoms with Gasteiger partial charge >= 0.3 is 0 Å². The van der Waals surface area contributed by atoms with Gasteiger partial charge in [-0.3, -0.25) is 9.59 Å². The summed E-state index contributed by atoms with van der Waals surface area (Å²) in [5, 5.41) is 0.419. The van der Waals surface area contributed by atoms with E-state index in [9.17, 15) is 9.59 Å². The number of para-hydroxylation sites is 1. The highest BCUT2D eigenvalue weighted by Crippen LogP contribution is 2.29. The molecular weight excluding hydrogens is 352 g/mol. The lowest BCUT2D eigenvalue weighted by molar-refractivity contribution is -0.118. The summed E-state index contributed by atoms with van der Waals surface area (Å²) in [6.45, 7) is 4.24. The highest BCUT2D eigenvalue weighted by atomic mass is 35.5. The number of ether oxygens (including phenoxy) is 1. The summed E-state index contributed by atoms with van der Waals surface area (Å²) in [4.78, 5) is 28.0. The molecule has 0 saturated heterocycles. The Kier molecular flexibility index (Phi) is 7.04. The normalized spacial score (nSPS) is 10.3. The Labute approximate surface area is 159 Å². The SMILES string of the molecule is CCN(C(=O)CCN(C(C)=O)c1ccc(OC)c(Cl)c1)c1ccccc1. The third kappa shape index (κ3) is 4.76. The first-order valence-electron chi connectivity index (χ1n) is 8.45. The molecule has 0 fully saturated rings. The number of rotatable bonds is 7. The highest BCUT2D eigenvalue weighted by Gasteiger charge is 2.18. The molecule has 2 rings (SSSR count). The molecule has 6 heteroatoms. The van der Waals surface area contributed by atoms with Crippen LogP contribution in [0.1, 0.15) is 20.3 Å². The fourth-order valence-corrected chi connectivity index (χ4v) is 3.00. The number of hydrogen-bond donors (Lipinski definition) is 0. The van der Waals surface area contributed by atoms with Crippen molar-refractivity contribution in [2.24, 2.45) is 0 Å². The summed E-state index contributed by atoms with van der Waals surface area (Å²) in [7, 11) is 1.53.